The minimum atomic E-state index is -3.33. The zero-order chi connectivity index (χ0) is 15.5. The highest BCUT2D eigenvalue weighted by atomic mass is 32.2. The molecule has 0 spiro atoms. The maximum absolute atomic E-state index is 12.0. The lowest BCUT2D eigenvalue weighted by molar-refractivity contribution is -0.121. The first-order chi connectivity index (χ1) is 9.84. The van der Waals surface area contributed by atoms with Crippen LogP contribution in [-0.2, 0) is 27.7 Å². The molecule has 1 aromatic carbocycles. The Labute approximate surface area is 126 Å². The van der Waals surface area contributed by atoms with Crippen molar-refractivity contribution in [3.8, 4) is 0 Å². The maximum atomic E-state index is 12.0. The summed E-state index contributed by atoms with van der Waals surface area (Å²) in [7, 11) is -3.33. The molecule has 0 unspecified atom stereocenters. The lowest BCUT2D eigenvalue weighted by atomic mass is 9.79. The van der Waals surface area contributed by atoms with E-state index in [1.807, 2.05) is 19.1 Å². The fourth-order valence-electron chi connectivity index (χ4n) is 2.66. The SMILES string of the molecule is CCS(=O)(=O)NCC(=O)N[C@]1(C)CCc2ccccc2C1. The van der Waals surface area contributed by atoms with Crippen molar-refractivity contribution in [1.29, 1.82) is 0 Å². The van der Waals surface area contributed by atoms with Gasteiger partial charge < -0.3 is 5.32 Å². The predicted octanol–water partition coefficient (Wildman–Crippen LogP) is 0.990. The Hall–Kier alpha value is -1.40. The lowest BCUT2D eigenvalue weighted by Crippen LogP contribution is -2.52. The van der Waals surface area contributed by atoms with Crippen molar-refractivity contribution in [1.82, 2.24) is 10.0 Å². The summed E-state index contributed by atoms with van der Waals surface area (Å²) >= 11 is 0. The first-order valence-electron chi connectivity index (χ1n) is 7.19. The summed E-state index contributed by atoms with van der Waals surface area (Å²) in [6.07, 6.45) is 2.55. The van der Waals surface area contributed by atoms with E-state index in [0.29, 0.717) is 0 Å². The molecule has 2 rings (SSSR count). The minimum Gasteiger partial charge on any atom is -0.349 e. The molecule has 0 radical (unpaired) electrons. The van der Waals surface area contributed by atoms with Crippen molar-refractivity contribution in [2.75, 3.05) is 12.3 Å². The Morgan fingerprint density at radius 3 is 2.62 bits per heavy atom. The quantitative estimate of drug-likeness (QED) is 0.851. The van der Waals surface area contributed by atoms with Crippen molar-refractivity contribution in [3.05, 3.63) is 35.4 Å². The number of hydrogen-bond acceptors (Lipinski definition) is 3. The van der Waals surface area contributed by atoms with Gasteiger partial charge in [-0.15, -0.1) is 0 Å². The van der Waals surface area contributed by atoms with Gasteiger partial charge >= 0.3 is 0 Å². The summed E-state index contributed by atoms with van der Waals surface area (Å²) < 4.78 is 25.0. The number of fused-ring (bicyclic) bond motifs is 1. The van der Waals surface area contributed by atoms with E-state index in [-0.39, 0.29) is 23.7 Å². The molecule has 0 fully saturated rings. The maximum Gasteiger partial charge on any atom is 0.235 e. The van der Waals surface area contributed by atoms with E-state index in [9.17, 15) is 13.2 Å². The summed E-state index contributed by atoms with van der Waals surface area (Å²) in [5, 5.41) is 2.97. The second-order valence-corrected chi connectivity index (χ2v) is 7.87. The number of nitrogens with one attached hydrogen (secondary N) is 2. The second-order valence-electron chi connectivity index (χ2n) is 5.78. The normalized spacial score (nSPS) is 21.6. The summed E-state index contributed by atoms with van der Waals surface area (Å²) in [6, 6.07) is 8.23. The first kappa shape index (κ1) is 16.0. The average molecular weight is 310 g/mol. The van der Waals surface area contributed by atoms with Gasteiger partial charge in [-0.1, -0.05) is 24.3 Å². The van der Waals surface area contributed by atoms with Crippen LogP contribution >= 0.6 is 0 Å². The zero-order valence-corrected chi connectivity index (χ0v) is 13.3. The van der Waals surface area contributed by atoms with Crippen LogP contribution in [0.4, 0.5) is 0 Å². The fraction of sp³-hybridized carbons (Fsp3) is 0.533. The Balaban J connectivity index is 1.95. The fourth-order valence-corrected chi connectivity index (χ4v) is 3.21. The number of carbonyl (C=O) groups is 1. The molecular weight excluding hydrogens is 288 g/mol. The molecule has 0 bridgehead atoms. The zero-order valence-electron chi connectivity index (χ0n) is 12.5. The number of aryl methyl sites for hydroxylation is 1. The topological polar surface area (TPSA) is 75.3 Å². The molecule has 5 nitrogen and oxygen atoms in total. The van der Waals surface area contributed by atoms with E-state index in [0.717, 1.165) is 19.3 Å². The molecular formula is C15H22N2O3S. The Morgan fingerprint density at radius 1 is 1.29 bits per heavy atom. The summed E-state index contributed by atoms with van der Waals surface area (Å²) in [5.41, 5.74) is 2.26. The third-order valence-electron chi connectivity index (χ3n) is 3.92. The van der Waals surface area contributed by atoms with Gasteiger partial charge in [-0.3, -0.25) is 4.79 Å². The van der Waals surface area contributed by atoms with Crippen LogP contribution in [0.5, 0.6) is 0 Å². The predicted molar refractivity (Wildman–Crippen MR) is 82.5 cm³/mol. The molecule has 0 aliphatic heterocycles. The summed E-state index contributed by atoms with van der Waals surface area (Å²) in [5.74, 6) is -0.306. The number of sulfonamides is 1. The number of rotatable bonds is 5. The molecule has 2 N–H and O–H groups in total. The molecule has 1 atom stereocenters. The minimum absolute atomic E-state index is 0.0229. The highest BCUT2D eigenvalue weighted by Crippen LogP contribution is 2.28. The molecule has 1 aliphatic carbocycles. The summed E-state index contributed by atoms with van der Waals surface area (Å²) in [4.78, 5) is 12.0. The highest BCUT2D eigenvalue weighted by molar-refractivity contribution is 7.89. The van der Waals surface area contributed by atoms with Gasteiger partial charge in [0, 0.05) is 5.54 Å². The van der Waals surface area contributed by atoms with Gasteiger partial charge in [0.1, 0.15) is 0 Å². The molecule has 6 heteroatoms. The van der Waals surface area contributed by atoms with Gasteiger partial charge in [0.15, 0.2) is 0 Å². The lowest BCUT2D eigenvalue weighted by Gasteiger charge is -2.36. The molecule has 0 aromatic heterocycles. The Morgan fingerprint density at radius 2 is 1.95 bits per heavy atom. The molecule has 1 amide bonds. The van der Waals surface area contributed by atoms with Crippen molar-refractivity contribution in [2.45, 2.75) is 38.6 Å². The van der Waals surface area contributed by atoms with Crippen LogP contribution in [0, 0.1) is 0 Å². The van der Waals surface area contributed by atoms with Gasteiger partial charge in [0.05, 0.1) is 12.3 Å². The van der Waals surface area contributed by atoms with Gasteiger partial charge in [0.25, 0.3) is 0 Å². The highest BCUT2D eigenvalue weighted by Gasteiger charge is 2.31. The smallest absolute Gasteiger partial charge is 0.235 e. The van der Waals surface area contributed by atoms with Crippen LogP contribution in [0.15, 0.2) is 24.3 Å². The third kappa shape index (κ3) is 4.28. The van der Waals surface area contributed by atoms with E-state index < -0.39 is 10.0 Å². The van der Waals surface area contributed by atoms with Crippen molar-refractivity contribution in [2.24, 2.45) is 0 Å². The van der Waals surface area contributed by atoms with Crippen LogP contribution in [0.3, 0.4) is 0 Å². The third-order valence-corrected chi connectivity index (χ3v) is 5.26. The van der Waals surface area contributed by atoms with Gasteiger partial charge in [-0.25, -0.2) is 13.1 Å². The molecule has 1 aliphatic rings. The van der Waals surface area contributed by atoms with E-state index >= 15 is 0 Å². The monoisotopic (exact) mass is 310 g/mol. The van der Waals surface area contributed by atoms with E-state index in [1.54, 1.807) is 6.92 Å². The number of hydrogen-bond donors (Lipinski definition) is 2. The molecule has 0 saturated heterocycles. The first-order valence-corrected chi connectivity index (χ1v) is 8.84. The van der Waals surface area contributed by atoms with E-state index in [4.69, 9.17) is 0 Å². The van der Waals surface area contributed by atoms with E-state index in [1.165, 1.54) is 11.1 Å². The molecule has 0 heterocycles. The summed E-state index contributed by atoms with van der Waals surface area (Å²) in [6.45, 7) is 3.35. The Kier molecular flexibility index (Phi) is 4.68. The average Bonchev–Trinajstić information content (AvgIpc) is 2.45. The van der Waals surface area contributed by atoms with Crippen molar-refractivity contribution in [3.63, 3.8) is 0 Å². The van der Waals surface area contributed by atoms with E-state index in [2.05, 4.69) is 22.2 Å². The molecule has 1 aromatic rings. The second kappa shape index (κ2) is 6.15. The number of benzene rings is 1. The standard InChI is InChI=1S/C15H22N2O3S/c1-3-21(19,20)16-11-14(18)17-15(2)9-8-12-6-4-5-7-13(12)10-15/h4-7,16H,3,8-11H2,1-2H3,(H,17,18)/t15-/m1/s1. The van der Waals surface area contributed by atoms with Crippen LogP contribution in [0.25, 0.3) is 0 Å². The Bertz CT molecular complexity index is 628. The van der Waals surface area contributed by atoms with Crippen molar-refractivity contribution >= 4 is 15.9 Å². The van der Waals surface area contributed by atoms with Gasteiger partial charge in [0.2, 0.25) is 15.9 Å². The number of carbonyl (C=O) groups excluding carboxylic acids is 1. The molecule has 21 heavy (non-hydrogen) atoms. The largest absolute Gasteiger partial charge is 0.349 e. The number of amides is 1. The van der Waals surface area contributed by atoms with Crippen LogP contribution < -0.4 is 10.0 Å². The molecule has 116 valence electrons. The van der Waals surface area contributed by atoms with Crippen LogP contribution in [-0.4, -0.2) is 32.2 Å². The van der Waals surface area contributed by atoms with Gasteiger partial charge in [-0.05, 0) is 44.2 Å². The van der Waals surface area contributed by atoms with Gasteiger partial charge in [-0.2, -0.15) is 0 Å². The van der Waals surface area contributed by atoms with Crippen LogP contribution in [0.2, 0.25) is 0 Å². The van der Waals surface area contributed by atoms with Crippen molar-refractivity contribution < 1.29 is 13.2 Å². The molecule has 0 saturated carbocycles. The van der Waals surface area contributed by atoms with Crippen LogP contribution in [0.1, 0.15) is 31.4 Å².